The third-order valence-corrected chi connectivity index (χ3v) is 3.74. The van der Waals surface area contributed by atoms with E-state index in [1.165, 1.54) is 32.1 Å². The van der Waals surface area contributed by atoms with Crippen LogP contribution < -0.4 is 11.3 Å². The topological polar surface area (TPSA) is 65.7 Å². The van der Waals surface area contributed by atoms with Crippen LogP contribution in [0.2, 0.25) is 0 Å². The standard InChI is InChI=1S/C14H30N2O3/c1-17-10-11-19-12-14(16-15)5-3-2-4-13-6-8-18-9-7-13/h13-14,16H,2-12,15H2,1H3. The van der Waals surface area contributed by atoms with Gasteiger partial charge in [-0.2, -0.15) is 0 Å². The minimum absolute atomic E-state index is 0.256. The molecule has 1 rings (SSSR count). The highest BCUT2D eigenvalue weighted by Crippen LogP contribution is 2.21. The van der Waals surface area contributed by atoms with Crippen molar-refractivity contribution in [2.75, 3.05) is 40.1 Å². The summed E-state index contributed by atoms with van der Waals surface area (Å²) >= 11 is 0. The second-order valence-electron chi connectivity index (χ2n) is 5.27. The first-order valence-corrected chi connectivity index (χ1v) is 7.47. The average Bonchev–Trinajstić information content (AvgIpc) is 2.46. The lowest BCUT2D eigenvalue weighted by molar-refractivity contribution is 0.0559. The SMILES string of the molecule is COCCOCC(CCCCC1CCOCC1)NN. The van der Waals surface area contributed by atoms with E-state index in [4.69, 9.17) is 20.1 Å². The van der Waals surface area contributed by atoms with Gasteiger partial charge in [-0.15, -0.1) is 0 Å². The molecule has 0 saturated carbocycles. The third kappa shape index (κ3) is 8.55. The van der Waals surface area contributed by atoms with Gasteiger partial charge in [0, 0.05) is 26.4 Å². The van der Waals surface area contributed by atoms with Crippen LogP contribution in [0.4, 0.5) is 0 Å². The first kappa shape index (κ1) is 16.9. The zero-order valence-corrected chi connectivity index (χ0v) is 12.2. The van der Waals surface area contributed by atoms with Crippen molar-refractivity contribution in [1.29, 1.82) is 0 Å². The predicted octanol–water partition coefficient (Wildman–Crippen LogP) is 1.47. The Labute approximate surface area is 117 Å². The van der Waals surface area contributed by atoms with Crippen molar-refractivity contribution in [1.82, 2.24) is 5.43 Å². The molecule has 0 bridgehead atoms. The molecule has 1 aliphatic heterocycles. The number of rotatable bonds is 11. The van der Waals surface area contributed by atoms with Crippen molar-refractivity contribution in [2.24, 2.45) is 11.8 Å². The summed E-state index contributed by atoms with van der Waals surface area (Å²) in [5.74, 6) is 6.41. The summed E-state index contributed by atoms with van der Waals surface area (Å²) in [6, 6.07) is 0.256. The Morgan fingerprint density at radius 3 is 2.74 bits per heavy atom. The highest BCUT2D eigenvalue weighted by molar-refractivity contribution is 4.66. The molecular formula is C14H30N2O3. The summed E-state index contributed by atoms with van der Waals surface area (Å²) in [6.45, 7) is 3.84. The molecule has 1 saturated heterocycles. The van der Waals surface area contributed by atoms with E-state index < -0.39 is 0 Å². The van der Waals surface area contributed by atoms with Crippen LogP contribution in [0.15, 0.2) is 0 Å². The summed E-state index contributed by atoms with van der Waals surface area (Å²) in [5, 5.41) is 0. The van der Waals surface area contributed by atoms with Crippen molar-refractivity contribution < 1.29 is 14.2 Å². The van der Waals surface area contributed by atoms with Gasteiger partial charge in [-0.25, -0.2) is 0 Å². The lowest BCUT2D eigenvalue weighted by Gasteiger charge is -2.22. The van der Waals surface area contributed by atoms with Crippen LogP contribution in [0, 0.1) is 5.92 Å². The van der Waals surface area contributed by atoms with E-state index in [1.807, 2.05) is 0 Å². The fourth-order valence-electron chi connectivity index (χ4n) is 2.44. The van der Waals surface area contributed by atoms with E-state index in [9.17, 15) is 0 Å². The quantitative estimate of drug-likeness (QED) is 0.339. The molecule has 3 N–H and O–H groups in total. The van der Waals surface area contributed by atoms with Crippen LogP contribution in [-0.4, -0.2) is 46.2 Å². The van der Waals surface area contributed by atoms with Crippen LogP contribution in [0.1, 0.15) is 38.5 Å². The normalized spacial score (nSPS) is 18.6. The molecule has 5 heteroatoms. The highest BCUT2D eigenvalue weighted by Gasteiger charge is 2.13. The molecule has 1 unspecified atom stereocenters. The molecule has 1 aliphatic rings. The number of methoxy groups -OCH3 is 1. The zero-order valence-electron chi connectivity index (χ0n) is 12.2. The van der Waals surface area contributed by atoms with Crippen molar-refractivity contribution >= 4 is 0 Å². The number of nitrogens with one attached hydrogen (secondary N) is 1. The van der Waals surface area contributed by atoms with E-state index in [-0.39, 0.29) is 6.04 Å². The fourth-order valence-corrected chi connectivity index (χ4v) is 2.44. The largest absolute Gasteiger partial charge is 0.382 e. The summed E-state index contributed by atoms with van der Waals surface area (Å²) < 4.78 is 15.8. The summed E-state index contributed by atoms with van der Waals surface area (Å²) in [5.41, 5.74) is 2.83. The number of unbranched alkanes of at least 4 members (excludes halogenated alkanes) is 1. The van der Waals surface area contributed by atoms with Gasteiger partial charge >= 0.3 is 0 Å². The molecule has 5 nitrogen and oxygen atoms in total. The summed E-state index contributed by atoms with van der Waals surface area (Å²) in [4.78, 5) is 0. The maximum atomic E-state index is 5.53. The molecule has 0 amide bonds. The Hall–Kier alpha value is -0.200. The zero-order chi connectivity index (χ0) is 13.8. The van der Waals surface area contributed by atoms with Crippen LogP contribution in [0.5, 0.6) is 0 Å². The smallest absolute Gasteiger partial charge is 0.0701 e. The average molecular weight is 274 g/mol. The van der Waals surface area contributed by atoms with Crippen LogP contribution >= 0.6 is 0 Å². The molecule has 0 aromatic heterocycles. The van der Waals surface area contributed by atoms with Crippen molar-refractivity contribution in [3.05, 3.63) is 0 Å². The number of hydrogen-bond acceptors (Lipinski definition) is 5. The highest BCUT2D eigenvalue weighted by atomic mass is 16.5. The third-order valence-electron chi connectivity index (χ3n) is 3.74. The van der Waals surface area contributed by atoms with Gasteiger partial charge in [0.2, 0.25) is 0 Å². The molecule has 0 aliphatic carbocycles. The number of hydrogen-bond donors (Lipinski definition) is 2. The lowest BCUT2D eigenvalue weighted by atomic mass is 9.93. The minimum Gasteiger partial charge on any atom is -0.382 e. The van der Waals surface area contributed by atoms with Gasteiger partial charge < -0.3 is 14.2 Å². The van der Waals surface area contributed by atoms with Crippen molar-refractivity contribution in [2.45, 2.75) is 44.6 Å². The van der Waals surface area contributed by atoms with Gasteiger partial charge in [-0.05, 0) is 25.2 Å². The summed E-state index contributed by atoms with van der Waals surface area (Å²) in [7, 11) is 1.68. The van der Waals surface area contributed by atoms with Crippen LogP contribution in [0.3, 0.4) is 0 Å². The van der Waals surface area contributed by atoms with Crippen LogP contribution in [0.25, 0.3) is 0 Å². The minimum atomic E-state index is 0.256. The number of nitrogens with two attached hydrogens (primary N) is 1. The summed E-state index contributed by atoms with van der Waals surface area (Å²) in [6.07, 6.45) is 7.36. The molecular weight excluding hydrogens is 244 g/mol. The maximum absolute atomic E-state index is 5.53. The Morgan fingerprint density at radius 2 is 2.05 bits per heavy atom. The molecule has 1 fully saturated rings. The predicted molar refractivity (Wildman–Crippen MR) is 75.8 cm³/mol. The van der Waals surface area contributed by atoms with Gasteiger partial charge in [0.15, 0.2) is 0 Å². The Kier molecular flexibility index (Phi) is 10.3. The fraction of sp³-hybridized carbons (Fsp3) is 1.00. The molecule has 0 spiro atoms. The van der Waals surface area contributed by atoms with Gasteiger partial charge in [0.1, 0.15) is 0 Å². The van der Waals surface area contributed by atoms with E-state index in [2.05, 4.69) is 5.43 Å². The van der Waals surface area contributed by atoms with E-state index in [1.54, 1.807) is 7.11 Å². The molecule has 1 atom stereocenters. The molecule has 1 heterocycles. The van der Waals surface area contributed by atoms with E-state index in [0.717, 1.165) is 25.6 Å². The van der Waals surface area contributed by atoms with Crippen LogP contribution in [-0.2, 0) is 14.2 Å². The van der Waals surface area contributed by atoms with E-state index >= 15 is 0 Å². The Bertz CT molecular complexity index is 199. The Morgan fingerprint density at radius 1 is 1.26 bits per heavy atom. The lowest BCUT2D eigenvalue weighted by Crippen LogP contribution is -2.38. The van der Waals surface area contributed by atoms with Gasteiger partial charge in [0.05, 0.1) is 19.8 Å². The second kappa shape index (κ2) is 11.6. The number of hydrazine groups is 1. The molecule has 114 valence electrons. The second-order valence-corrected chi connectivity index (χ2v) is 5.27. The first-order valence-electron chi connectivity index (χ1n) is 7.47. The van der Waals surface area contributed by atoms with Gasteiger partial charge in [-0.3, -0.25) is 11.3 Å². The number of ether oxygens (including phenoxy) is 3. The Balaban J connectivity index is 1.95. The molecule has 19 heavy (non-hydrogen) atoms. The molecule has 0 aromatic rings. The van der Waals surface area contributed by atoms with Crippen molar-refractivity contribution in [3.63, 3.8) is 0 Å². The van der Waals surface area contributed by atoms with Crippen molar-refractivity contribution in [3.8, 4) is 0 Å². The molecule has 0 aromatic carbocycles. The van der Waals surface area contributed by atoms with E-state index in [0.29, 0.717) is 19.8 Å². The van der Waals surface area contributed by atoms with Gasteiger partial charge in [-0.1, -0.05) is 19.3 Å². The first-order chi connectivity index (χ1) is 9.36. The monoisotopic (exact) mass is 274 g/mol. The maximum Gasteiger partial charge on any atom is 0.0701 e. The molecule has 0 radical (unpaired) electrons. The van der Waals surface area contributed by atoms with Gasteiger partial charge in [0.25, 0.3) is 0 Å².